The second-order valence-corrected chi connectivity index (χ2v) is 28.2. The Hall–Kier alpha value is -8.38. The van der Waals surface area contributed by atoms with Crippen LogP contribution in [0.5, 0.6) is 23.0 Å². The van der Waals surface area contributed by atoms with Crippen LogP contribution < -0.4 is 135 Å². The first-order valence-corrected chi connectivity index (χ1v) is 36.5. The minimum Gasteiger partial charge on any atom is -1.00 e. The van der Waals surface area contributed by atoms with Gasteiger partial charge in [0.15, 0.2) is 0 Å². The minimum absolute atomic E-state index is 0. The normalized spacial score (nSPS) is 12.5. The van der Waals surface area contributed by atoms with E-state index in [9.17, 15) is 37.1 Å². The molecule has 0 bridgehead atoms. The number of allylic oxidation sites excluding steroid dienone is 2. The molecule has 3 heterocycles. The number of hydroxylamine groups is 2. The summed E-state index contributed by atoms with van der Waals surface area (Å²) in [4.78, 5) is 66.1. The van der Waals surface area contributed by atoms with Gasteiger partial charge in [-0.25, -0.2) is 13.9 Å². The average Bonchev–Trinajstić information content (AvgIpc) is 1.12. The fourth-order valence-electron chi connectivity index (χ4n) is 12.7. The van der Waals surface area contributed by atoms with Gasteiger partial charge in [0.25, 0.3) is 11.8 Å². The second-order valence-electron chi connectivity index (χ2n) is 28.2. The molecule has 29 heteroatoms. The van der Waals surface area contributed by atoms with Crippen LogP contribution >= 0.6 is 0 Å². The molecule has 1 atom stereocenters. The number of alkyl halides is 3. The molecule has 0 aromatic heterocycles. The van der Waals surface area contributed by atoms with Gasteiger partial charge in [-0.1, -0.05) is 70.3 Å². The van der Waals surface area contributed by atoms with Gasteiger partial charge in [0.1, 0.15) is 73.9 Å². The molecule has 6 aliphatic rings. The van der Waals surface area contributed by atoms with Gasteiger partial charge >= 0.3 is 75.5 Å². The topological polar surface area (TPSA) is 271 Å². The van der Waals surface area contributed by atoms with Crippen molar-refractivity contribution in [3.05, 3.63) is 132 Å². The van der Waals surface area contributed by atoms with Gasteiger partial charge in [-0.2, -0.15) is 13.2 Å². The minimum atomic E-state index is -5.22. The first kappa shape index (κ1) is 101. The molecule has 4 aromatic rings. The summed E-state index contributed by atoms with van der Waals surface area (Å²) in [5.74, 6) is 0.285. The Morgan fingerprint density at radius 1 is 0.593 bits per heavy atom. The number of benzene rings is 6. The summed E-state index contributed by atoms with van der Waals surface area (Å²) < 4.78 is 81.3. The number of amides is 2. The van der Waals surface area contributed by atoms with Crippen LogP contribution in [0, 0.1) is 11.8 Å². The van der Waals surface area contributed by atoms with E-state index in [1.807, 2.05) is 147 Å². The SMILES string of the molecule is C=C1CCC(=C)C1CC(C)CCCCCC.CCOC(=O)CCCOc1cc(-c2c3ccc(=[N+](C)C)cc-3oc3cc(N(C)C)ccc23)c(OC)cc1N(C)C.COc1cc(N(C)C)c(OCCCC(=O)O)cc1-c1c2ccc(=[N+](C)C)cc-2oc2cc(N(C)C)ccc12.O.O=C1CCC(=O)N1OC(=O)C(F)(F)F.[Cl-].[Cl-].[K+].[OH-]. The van der Waals surface area contributed by atoms with Crippen molar-refractivity contribution in [2.24, 2.45) is 11.8 Å². The molecular weight excluding hydrogens is 1530 g/mol. The van der Waals surface area contributed by atoms with Crippen molar-refractivity contribution in [2.75, 3.05) is 138 Å². The Morgan fingerprint density at radius 3 is 1.40 bits per heavy atom. The molecular formula is C84H111Cl2F3KN7O16. The fourth-order valence-corrected chi connectivity index (χ4v) is 12.7. The Morgan fingerprint density at radius 2 is 1.03 bits per heavy atom. The number of ether oxygens (including phenoxy) is 5. The summed E-state index contributed by atoms with van der Waals surface area (Å²) in [6.07, 6.45) is 6.23. The summed E-state index contributed by atoms with van der Waals surface area (Å²) in [6, 6.07) is 32.9. The average molecular weight is 1640 g/mol. The monoisotopic (exact) mass is 1640 g/mol. The molecule has 10 rings (SSSR count). The van der Waals surface area contributed by atoms with E-state index in [1.165, 1.54) is 62.5 Å². The third-order valence-corrected chi connectivity index (χ3v) is 18.7. The van der Waals surface area contributed by atoms with Crippen LogP contribution in [-0.4, -0.2) is 176 Å². The molecule has 4 N–H and O–H groups in total. The number of imide groups is 1. The Kier molecular flexibility index (Phi) is 41.7. The number of nitrogens with zero attached hydrogens (tertiary/aromatic N) is 7. The van der Waals surface area contributed by atoms with E-state index < -0.39 is 29.9 Å². The second kappa shape index (κ2) is 46.8. The van der Waals surface area contributed by atoms with Crippen molar-refractivity contribution in [1.82, 2.24) is 14.2 Å². The molecule has 3 aliphatic heterocycles. The van der Waals surface area contributed by atoms with Crippen molar-refractivity contribution in [3.63, 3.8) is 0 Å². The molecule has 4 aromatic carbocycles. The van der Waals surface area contributed by atoms with Crippen LogP contribution in [0.2, 0.25) is 0 Å². The molecule has 1 saturated carbocycles. The predicted molar refractivity (Wildman–Crippen MR) is 427 cm³/mol. The molecule has 1 saturated heterocycles. The van der Waals surface area contributed by atoms with Crippen molar-refractivity contribution >= 4 is 74.4 Å². The van der Waals surface area contributed by atoms with Gasteiger partial charge in [-0.05, 0) is 93.5 Å². The first-order chi connectivity index (χ1) is 51.2. The van der Waals surface area contributed by atoms with Crippen LogP contribution in [0.15, 0.2) is 130 Å². The number of methoxy groups -OCH3 is 2. The zero-order chi connectivity index (χ0) is 79.4. The summed E-state index contributed by atoms with van der Waals surface area (Å²) in [5, 5.41) is 12.9. The number of carbonyl (C=O) groups is 5. The number of unbranched alkanes of at least 4 members (excludes halogenated alkanes) is 3. The zero-order valence-corrected chi connectivity index (χ0v) is 73.2. The van der Waals surface area contributed by atoms with Crippen LogP contribution in [0.1, 0.15) is 111 Å². The molecule has 0 spiro atoms. The van der Waals surface area contributed by atoms with Crippen LogP contribution in [0.4, 0.5) is 35.9 Å². The predicted octanol–water partition coefficient (Wildman–Crippen LogP) is 5.39. The molecule has 1 unspecified atom stereocenters. The molecule has 614 valence electrons. The third kappa shape index (κ3) is 27.1. The largest absolute Gasteiger partial charge is 1.00 e. The van der Waals surface area contributed by atoms with Gasteiger partial charge in [0.05, 0.1) is 57.5 Å². The quantitative estimate of drug-likeness (QED) is 0.0129. The van der Waals surface area contributed by atoms with Crippen molar-refractivity contribution < 1.29 is 167 Å². The van der Waals surface area contributed by atoms with E-state index in [2.05, 4.69) is 102 Å². The van der Waals surface area contributed by atoms with Crippen molar-refractivity contribution in [2.45, 2.75) is 117 Å². The van der Waals surface area contributed by atoms with Gasteiger partial charge in [-0.3, -0.25) is 19.2 Å². The van der Waals surface area contributed by atoms with Gasteiger partial charge in [-0.15, -0.1) is 5.06 Å². The number of hydrogen-bond acceptors (Lipinski definition) is 18. The number of hydrogen-bond donors (Lipinski definition) is 1. The van der Waals surface area contributed by atoms with E-state index in [0.717, 1.165) is 112 Å². The molecule has 113 heavy (non-hydrogen) atoms. The number of esters is 1. The Balaban J connectivity index is 0.000000548. The standard InChI is InChI=1S/C32H40N3O5.C30H35N3O5.C16H28.C6H4F3NO4.2ClH.K.2H2O/c1-9-38-31(36)11-10-16-39-30-19-25(27(37-8)20-26(30)35(6)7)32-23-14-12-21(33(2)3)17-28(23)40-29-18-22(34(4)5)13-15-24(29)32;1-31(2)19-10-12-21-26(15-19)38-27-16-20(32(3)4)11-13-22(27)30(21)23-17-28(37-14-8-9-29(34)35)24(33(5)6)18-25(23)36-7;1-5-6-7-8-9-13(2)12-16-14(3)10-11-15(16)4;7-6(8,9)5(13)14-10-3(11)1-2-4(10)12;;;;;/h12-15,17-20H,9-11,16H2,1-8H3;10-13,15-18H,8-9,14H2,1-7H3;13,16H,3-12H2,1-2H3;1-2H2;2*1H;;2*1H2/q+1;;;;;;+1;;/p-2. The number of anilines is 4. The summed E-state index contributed by atoms with van der Waals surface area (Å²) in [7, 11) is 27.3. The van der Waals surface area contributed by atoms with E-state index >= 15 is 0 Å². The number of carbonyl (C=O) groups excluding carboxylic acids is 4. The Bertz CT molecular complexity index is 4600. The maximum atomic E-state index is 11.8. The summed E-state index contributed by atoms with van der Waals surface area (Å²) in [5.41, 5.74) is 13.9. The molecule has 0 radical (unpaired) electrons. The van der Waals surface area contributed by atoms with Crippen molar-refractivity contribution in [3.8, 4) is 67.9 Å². The Labute approximate surface area is 716 Å². The third-order valence-electron chi connectivity index (χ3n) is 18.7. The van der Waals surface area contributed by atoms with Gasteiger partial charge < -0.3 is 97.8 Å². The van der Waals surface area contributed by atoms with Gasteiger partial charge in [0, 0.05) is 180 Å². The van der Waals surface area contributed by atoms with Crippen LogP contribution in [-0.2, 0) is 33.5 Å². The number of carboxylic acid groups (broad SMARTS) is 1. The number of fused-ring (bicyclic) bond motifs is 4. The van der Waals surface area contributed by atoms with Crippen molar-refractivity contribution in [1.29, 1.82) is 0 Å². The van der Waals surface area contributed by atoms with Gasteiger partial charge in [0.2, 0.25) is 10.7 Å². The molecule has 2 amide bonds. The van der Waals surface area contributed by atoms with Crippen LogP contribution in [0.3, 0.4) is 0 Å². The molecule has 3 aliphatic carbocycles. The number of aliphatic carboxylic acids is 1. The fraction of sp³-hybridized carbons (Fsp3) is 0.440. The number of carboxylic acids is 1. The molecule has 23 nitrogen and oxygen atoms in total. The smallest absolute Gasteiger partial charge is 1.00 e. The van der Waals surface area contributed by atoms with E-state index in [0.29, 0.717) is 62.2 Å². The summed E-state index contributed by atoms with van der Waals surface area (Å²) in [6.45, 7) is 15.9. The number of halogens is 5. The summed E-state index contributed by atoms with van der Waals surface area (Å²) >= 11 is 0. The van der Waals surface area contributed by atoms with E-state index in [4.69, 9.17) is 37.6 Å². The maximum Gasteiger partial charge on any atom is 1.00 e. The maximum absolute atomic E-state index is 11.8. The molecule has 2 fully saturated rings. The van der Waals surface area contributed by atoms with E-state index in [-0.39, 0.29) is 117 Å². The van der Waals surface area contributed by atoms with E-state index in [1.54, 1.807) is 14.2 Å². The van der Waals surface area contributed by atoms with Crippen LogP contribution in [0.25, 0.3) is 66.8 Å². The zero-order valence-electron chi connectivity index (χ0n) is 68.5. The number of rotatable bonds is 27. The first-order valence-electron chi connectivity index (χ1n) is 36.5.